The Hall–Kier alpha value is -1.97. The van der Waals surface area contributed by atoms with Crippen LogP contribution in [0.3, 0.4) is 0 Å². The standard InChI is InChI=1S/C16H17BrN4O3S/c17-12-3-1-11(2-4-12)9-14(22)19-20-15(23)13-10-25-16(18-13)21-5-7-24-8-6-21/h1-4,10H,5-9H2,(H,19,22)(H,20,23). The third-order valence-electron chi connectivity index (χ3n) is 3.60. The second-order valence-electron chi connectivity index (χ2n) is 5.42. The molecule has 0 aliphatic carbocycles. The van der Waals surface area contributed by atoms with Gasteiger partial charge in [-0.15, -0.1) is 11.3 Å². The van der Waals surface area contributed by atoms with Crippen LogP contribution in [0, 0.1) is 0 Å². The van der Waals surface area contributed by atoms with Gasteiger partial charge in [-0.3, -0.25) is 20.4 Å². The van der Waals surface area contributed by atoms with Gasteiger partial charge in [0.1, 0.15) is 5.69 Å². The van der Waals surface area contributed by atoms with Crippen LogP contribution >= 0.6 is 27.3 Å². The number of amides is 2. The van der Waals surface area contributed by atoms with Crippen molar-refractivity contribution in [1.29, 1.82) is 0 Å². The summed E-state index contributed by atoms with van der Waals surface area (Å²) in [6, 6.07) is 7.42. The second-order valence-corrected chi connectivity index (χ2v) is 7.17. The van der Waals surface area contributed by atoms with Crippen molar-refractivity contribution in [3.05, 3.63) is 45.4 Å². The van der Waals surface area contributed by atoms with E-state index in [9.17, 15) is 9.59 Å². The topological polar surface area (TPSA) is 83.6 Å². The molecule has 1 aromatic heterocycles. The Balaban J connectivity index is 1.49. The summed E-state index contributed by atoms with van der Waals surface area (Å²) in [6.07, 6.45) is 0.184. The molecule has 0 spiro atoms. The number of halogens is 1. The lowest BCUT2D eigenvalue weighted by Crippen LogP contribution is -2.42. The molecule has 7 nitrogen and oxygen atoms in total. The summed E-state index contributed by atoms with van der Waals surface area (Å²) in [5, 5.41) is 2.47. The number of benzene rings is 1. The van der Waals surface area contributed by atoms with Gasteiger partial charge in [-0.25, -0.2) is 4.98 Å². The molecule has 2 heterocycles. The number of nitrogens with one attached hydrogen (secondary N) is 2. The molecule has 0 unspecified atom stereocenters. The van der Waals surface area contributed by atoms with Crippen LogP contribution in [0.4, 0.5) is 5.13 Å². The van der Waals surface area contributed by atoms with Crippen molar-refractivity contribution in [2.45, 2.75) is 6.42 Å². The zero-order chi connectivity index (χ0) is 17.6. The Morgan fingerprint density at radius 1 is 1.20 bits per heavy atom. The van der Waals surface area contributed by atoms with Gasteiger partial charge in [0.2, 0.25) is 5.91 Å². The first kappa shape index (κ1) is 17.8. The molecule has 1 aromatic carbocycles. The van der Waals surface area contributed by atoms with E-state index in [0.29, 0.717) is 13.2 Å². The van der Waals surface area contributed by atoms with Gasteiger partial charge in [0.25, 0.3) is 5.91 Å². The maximum absolute atomic E-state index is 12.1. The Morgan fingerprint density at radius 3 is 2.64 bits per heavy atom. The normalized spacial score (nSPS) is 14.2. The Morgan fingerprint density at radius 2 is 1.92 bits per heavy atom. The fourth-order valence-electron chi connectivity index (χ4n) is 2.29. The van der Waals surface area contributed by atoms with Crippen LogP contribution in [-0.4, -0.2) is 43.1 Å². The van der Waals surface area contributed by atoms with Gasteiger partial charge in [-0.05, 0) is 17.7 Å². The van der Waals surface area contributed by atoms with E-state index in [0.717, 1.165) is 28.3 Å². The number of hydrogen-bond acceptors (Lipinski definition) is 6. The number of nitrogens with zero attached hydrogens (tertiary/aromatic N) is 2. The quantitative estimate of drug-likeness (QED) is 0.730. The molecule has 1 aliphatic rings. The monoisotopic (exact) mass is 424 g/mol. The highest BCUT2D eigenvalue weighted by atomic mass is 79.9. The number of anilines is 1. The Bertz CT molecular complexity index is 744. The average molecular weight is 425 g/mol. The van der Waals surface area contributed by atoms with Crippen molar-refractivity contribution >= 4 is 44.2 Å². The van der Waals surface area contributed by atoms with E-state index in [1.165, 1.54) is 11.3 Å². The van der Waals surface area contributed by atoms with Gasteiger partial charge in [0.05, 0.1) is 19.6 Å². The maximum atomic E-state index is 12.1. The minimum absolute atomic E-state index is 0.184. The number of hydrazine groups is 1. The highest BCUT2D eigenvalue weighted by Crippen LogP contribution is 2.21. The summed E-state index contributed by atoms with van der Waals surface area (Å²) in [5.41, 5.74) is 5.96. The average Bonchev–Trinajstić information content (AvgIpc) is 3.13. The van der Waals surface area contributed by atoms with Crippen LogP contribution in [-0.2, 0) is 16.0 Å². The van der Waals surface area contributed by atoms with Crippen molar-refractivity contribution < 1.29 is 14.3 Å². The maximum Gasteiger partial charge on any atom is 0.289 e. The highest BCUT2D eigenvalue weighted by Gasteiger charge is 2.17. The zero-order valence-corrected chi connectivity index (χ0v) is 15.7. The lowest BCUT2D eigenvalue weighted by Gasteiger charge is -2.25. The van der Waals surface area contributed by atoms with Crippen LogP contribution in [0.5, 0.6) is 0 Å². The first-order valence-electron chi connectivity index (χ1n) is 7.73. The SMILES string of the molecule is O=C(Cc1ccc(Br)cc1)NNC(=O)c1csc(N2CCOCC2)n1. The van der Waals surface area contributed by atoms with Gasteiger partial charge in [0, 0.05) is 22.9 Å². The molecule has 9 heteroatoms. The van der Waals surface area contributed by atoms with E-state index in [2.05, 4.69) is 36.7 Å². The number of carbonyl (C=O) groups is 2. The summed E-state index contributed by atoms with van der Waals surface area (Å²) in [4.78, 5) is 30.4. The predicted octanol–water partition coefficient (Wildman–Crippen LogP) is 1.75. The third kappa shape index (κ3) is 5.00. The number of carbonyl (C=O) groups excluding carboxylic acids is 2. The van der Waals surface area contributed by atoms with Gasteiger partial charge in [-0.1, -0.05) is 28.1 Å². The van der Waals surface area contributed by atoms with E-state index >= 15 is 0 Å². The van der Waals surface area contributed by atoms with E-state index in [-0.39, 0.29) is 18.0 Å². The number of aromatic nitrogens is 1. The number of morpholine rings is 1. The van der Waals surface area contributed by atoms with Crippen molar-refractivity contribution in [3.8, 4) is 0 Å². The molecular weight excluding hydrogens is 408 g/mol. The number of ether oxygens (including phenoxy) is 1. The molecular formula is C16H17BrN4O3S. The first-order chi connectivity index (χ1) is 12.1. The van der Waals surface area contributed by atoms with Gasteiger partial charge in [-0.2, -0.15) is 0 Å². The van der Waals surface area contributed by atoms with Gasteiger partial charge < -0.3 is 9.64 Å². The fraction of sp³-hybridized carbons (Fsp3) is 0.312. The third-order valence-corrected chi connectivity index (χ3v) is 5.03. The first-order valence-corrected chi connectivity index (χ1v) is 9.41. The Labute approximate surface area is 157 Å². The number of hydrogen-bond donors (Lipinski definition) is 2. The molecule has 2 aromatic rings. The summed E-state index contributed by atoms with van der Waals surface area (Å²) in [6.45, 7) is 2.84. The van der Waals surface area contributed by atoms with Crippen LogP contribution in [0.1, 0.15) is 16.1 Å². The van der Waals surface area contributed by atoms with Crippen LogP contribution in [0.25, 0.3) is 0 Å². The minimum atomic E-state index is -0.431. The molecule has 0 bridgehead atoms. The zero-order valence-electron chi connectivity index (χ0n) is 13.3. The van der Waals surface area contributed by atoms with Crippen LogP contribution < -0.4 is 15.8 Å². The molecule has 1 fully saturated rings. The minimum Gasteiger partial charge on any atom is -0.378 e. The molecule has 132 valence electrons. The fourth-order valence-corrected chi connectivity index (χ4v) is 3.41. The number of thiazole rings is 1. The van der Waals surface area contributed by atoms with E-state index in [1.54, 1.807) is 5.38 Å². The second kappa shape index (κ2) is 8.41. The van der Waals surface area contributed by atoms with Gasteiger partial charge in [0.15, 0.2) is 5.13 Å². The van der Waals surface area contributed by atoms with E-state index in [4.69, 9.17) is 4.74 Å². The molecule has 0 atom stereocenters. The molecule has 0 saturated carbocycles. The summed E-state index contributed by atoms with van der Waals surface area (Å²) < 4.78 is 6.25. The molecule has 2 amide bonds. The predicted molar refractivity (Wildman–Crippen MR) is 98.6 cm³/mol. The molecule has 2 N–H and O–H groups in total. The van der Waals surface area contributed by atoms with Crippen LogP contribution in [0.2, 0.25) is 0 Å². The van der Waals surface area contributed by atoms with Crippen molar-refractivity contribution in [2.75, 3.05) is 31.2 Å². The largest absolute Gasteiger partial charge is 0.378 e. The van der Waals surface area contributed by atoms with E-state index in [1.807, 2.05) is 24.3 Å². The molecule has 0 radical (unpaired) electrons. The number of rotatable bonds is 4. The lowest BCUT2D eigenvalue weighted by atomic mass is 10.1. The highest BCUT2D eigenvalue weighted by molar-refractivity contribution is 9.10. The summed E-state index contributed by atoms with van der Waals surface area (Å²) in [5.74, 6) is -0.723. The van der Waals surface area contributed by atoms with Crippen molar-refractivity contribution in [2.24, 2.45) is 0 Å². The van der Waals surface area contributed by atoms with Crippen molar-refractivity contribution in [1.82, 2.24) is 15.8 Å². The van der Waals surface area contributed by atoms with Gasteiger partial charge >= 0.3 is 0 Å². The molecule has 25 heavy (non-hydrogen) atoms. The lowest BCUT2D eigenvalue weighted by molar-refractivity contribution is -0.121. The van der Waals surface area contributed by atoms with E-state index < -0.39 is 5.91 Å². The van der Waals surface area contributed by atoms with Crippen molar-refractivity contribution in [3.63, 3.8) is 0 Å². The summed E-state index contributed by atoms with van der Waals surface area (Å²) >= 11 is 4.75. The summed E-state index contributed by atoms with van der Waals surface area (Å²) in [7, 11) is 0. The van der Waals surface area contributed by atoms with Crippen LogP contribution in [0.15, 0.2) is 34.1 Å². The molecule has 1 saturated heterocycles. The molecule has 1 aliphatic heterocycles. The Kier molecular flexibility index (Phi) is 6.00. The molecule has 3 rings (SSSR count). The smallest absolute Gasteiger partial charge is 0.289 e.